The molecule has 6 heteroatoms. The summed E-state index contributed by atoms with van der Waals surface area (Å²) in [5.74, 6) is 0.203. The number of nitrogens with one attached hydrogen (secondary N) is 1. The molecule has 0 spiro atoms. The van der Waals surface area contributed by atoms with Crippen LogP contribution in [0, 0.1) is 11.4 Å². The Morgan fingerprint density at radius 3 is 2.67 bits per heavy atom. The highest BCUT2D eigenvalue weighted by atomic mass is 32.1. The minimum absolute atomic E-state index is 0.173. The van der Waals surface area contributed by atoms with Gasteiger partial charge in [-0.05, 0) is 30.7 Å². The van der Waals surface area contributed by atoms with E-state index in [-0.39, 0.29) is 16.0 Å². The van der Waals surface area contributed by atoms with Crippen LogP contribution in [0.25, 0.3) is 0 Å². The van der Waals surface area contributed by atoms with Gasteiger partial charge in [0.2, 0.25) is 5.76 Å². The van der Waals surface area contributed by atoms with E-state index >= 15 is 0 Å². The Morgan fingerprint density at radius 1 is 1.38 bits per heavy atom. The minimum Gasteiger partial charge on any atom is -0.503 e. The molecule has 0 fully saturated rings. The number of carbonyl (C=O) groups excluding carboxylic acids is 1. The normalized spacial score (nSPS) is 10.2. The SMILES string of the molecule is COc1ccc(CNC(=O)c2oc(C)cc(=S)c2O)cc1. The van der Waals surface area contributed by atoms with Crippen molar-refractivity contribution in [3.05, 3.63) is 51.9 Å². The van der Waals surface area contributed by atoms with E-state index in [2.05, 4.69) is 5.32 Å². The molecule has 2 rings (SSSR count). The molecular weight excluding hydrogens is 290 g/mol. The van der Waals surface area contributed by atoms with Gasteiger partial charge in [-0.3, -0.25) is 4.79 Å². The summed E-state index contributed by atoms with van der Waals surface area (Å²) in [5.41, 5.74) is 0.898. The molecule has 110 valence electrons. The van der Waals surface area contributed by atoms with Crippen molar-refractivity contribution in [1.29, 1.82) is 0 Å². The molecule has 0 atom stereocenters. The van der Waals surface area contributed by atoms with Gasteiger partial charge >= 0.3 is 0 Å². The van der Waals surface area contributed by atoms with Crippen LogP contribution in [-0.4, -0.2) is 18.1 Å². The van der Waals surface area contributed by atoms with Crippen molar-refractivity contribution in [2.45, 2.75) is 13.5 Å². The number of rotatable bonds is 4. The zero-order chi connectivity index (χ0) is 15.4. The Kier molecular flexibility index (Phi) is 4.59. The lowest BCUT2D eigenvalue weighted by Crippen LogP contribution is -2.23. The molecule has 0 saturated carbocycles. The smallest absolute Gasteiger partial charge is 0.291 e. The Morgan fingerprint density at radius 2 is 2.05 bits per heavy atom. The number of aryl methyl sites for hydroxylation is 1. The minimum atomic E-state index is -0.516. The summed E-state index contributed by atoms with van der Waals surface area (Å²) in [6.45, 7) is 1.97. The van der Waals surface area contributed by atoms with E-state index in [9.17, 15) is 9.90 Å². The number of hydrogen-bond donors (Lipinski definition) is 2. The van der Waals surface area contributed by atoms with Crippen LogP contribution >= 0.6 is 12.2 Å². The zero-order valence-electron chi connectivity index (χ0n) is 11.7. The Hall–Kier alpha value is -2.34. The number of aromatic hydroxyl groups is 1. The van der Waals surface area contributed by atoms with E-state index in [0.717, 1.165) is 11.3 Å². The van der Waals surface area contributed by atoms with E-state index in [1.807, 2.05) is 12.1 Å². The topological polar surface area (TPSA) is 71.7 Å². The van der Waals surface area contributed by atoms with Gasteiger partial charge in [-0.25, -0.2) is 0 Å². The molecule has 5 nitrogen and oxygen atoms in total. The number of benzene rings is 1. The summed E-state index contributed by atoms with van der Waals surface area (Å²) >= 11 is 4.95. The van der Waals surface area contributed by atoms with Crippen LogP contribution in [0.4, 0.5) is 0 Å². The van der Waals surface area contributed by atoms with Gasteiger partial charge in [0, 0.05) is 6.54 Å². The molecule has 1 aromatic heterocycles. The second kappa shape index (κ2) is 6.41. The molecular formula is C15H15NO4S. The third-order valence-corrected chi connectivity index (χ3v) is 3.18. The molecule has 1 amide bonds. The van der Waals surface area contributed by atoms with Gasteiger partial charge in [0.05, 0.1) is 11.6 Å². The van der Waals surface area contributed by atoms with E-state index in [0.29, 0.717) is 12.3 Å². The monoisotopic (exact) mass is 305 g/mol. The van der Waals surface area contributed by atoms with E-state index in [1.54, 1.807) is 26.2 Å². The van der Waals surface area contributed by atoms with Crippen LogP contribution in [0.1, 0.15) is 21.9 Å². The zero-order valence-corrected chi connectivity index (χ0v) is 12.5. The average molecular weight is 305 g/mol. The molecule has 1 heterocycles. The predicted molar refractivity (Wildman–Crippen MR) is 80.1 cm³/mol. The summed E-state index contributed by atoms with van der Waals surface area (Å²) in [6.07, 6.45) is 0. The molecule has 0 aliphatic rings. The summed E-state index contributed by atoms with van der Waals surface area (Å²) < 4.78 is 10.5. The van der Waals surface area contributed by atoms with Crippen molar-refractivity contribution in [2.24, 2.45) is 0 Å². The predicted octanol–water partition coefficient (Wildman–Crippen LogP) is 2.96. The third kappa shape index (κ3) is 3.61. The molecule has 0 bridgehead atoms. The highest BCUT2D eigenvalue weighted by molar-refractivity contribution is 7.71. The van der Waals surface area contributed by atoms with Gasteiger partial charge in [-0.2, -0.15) is 0 Å². The number of amides is 1. The molecule has 2 aromatic rings. The highest BCUT2D eigenvalue weighted by Gasteiger charge is 2.16. The quantitative estimate of drug-likeness (QED) is 0.850. The van der Waals surface area contributed by atoms with Gasteiger partial charge < -0.3 is 19.6 Å². The van der Waals surface area contributed by atoms with Crippen LogP contribution in [0.5, 0.6) is 11.5 Å². The molecule has 0 aliphatic heterocycles. The lowest BCUT2D eigenvalue weighted by molar-refractivity contribution is 0.0914. The van der Waals surface area contributed by atoms with Crippen molar-refractivity contribution in [1.82, 2.24) is 5.32 Å². The molecule has 0 saturated heterocycles. The van der Waals surface area contributed by atoms with Crippen molar-refractivity contribution >= 4 is 18.1 Å². The molecule has 0 unspecified atom stereocenters. The van der Waals surface area contributed by atoms with Gasteiger partial charge in [-0.15, -0.1) is 0 Å². The second-order valence-corrected chi connectivity index (χ2v) is 4.87. The van der Waals surface area contributed by atoms with Crippen molar-refractivity contribution in [3.8, 4) is 11.5 Å². The van der Waals surface area contributed by atoms with Crippen molar-refractivity contribution in [3.63, 3.8) is 0 Å². The highest BCUT2D eigenvalue weighted by Crippen LogP contribution is 2.20. The van der Waals surface area contributed by atoms with Gasteiger partial charge in [0.25, 0.3) is 5.91 Å². The first-order valence-corrected chi connectivity index (χ1v) is 6.67. The standard InChI is InChI=1S/C15H15NO4S/c1-9-7-12(21)13(17)14(20-9)15(18)16-8-10-3-5-11(19-2)6-4-10/h3-7,17H,8H2,1-2H3,(H,16,18). The summed E-state index contributed by atoms with van der Waals surface area (Å²) in [5, 5.41) is 12.5. The lowest BCUT2D eigenvalue weighted by Gasteiger charge is -2.07. The van der Waals surface area contributed by atoms with Gasteiger partial charge in [0.1, 0.15) is 11.5 Å². The van der Waals surface area contributed by atoms with E-state index in [4.69, 9.17) is 21.4 Å². The maximum absolute atomic E-state index is 12.0. The average Bonchev–Trinajstić information content (AvgIpc) is 2.49. The largest absolute Gasteiger partial charge is 0.503 e. The van der Waals surface area contributed by atoms with Crippen LogP contribution in [0.3, 0.4) is 0 Å². The van der Waals surface area contributed by atoms with Crippen LogP contribution in [-0.2, 0) is 6.54 Å². The van der Waals surface area contributed by atoms with Gasteiger partial charge in [-0.1, -0.05) is 24.4 Å². The first kappa shape index (κ1) is 15.1. The fraction of sp³-hybridized carbons (Fsp3) is 0.200. The molecule has 1 aromatic carbocycles. The van der Waals surface area contributed by atoms with Crippen molar-refractivity contribution < 1.29 is 19.1 Å². The van der Waals surface area contributed by atoms with E-state index in [1.165, 1.54) is 6.07 Å². The fourth-order valence-electron chi connectivity index (χ4n) is 1.76. The second-order valence-electron chi connectivity index (χ2n) is 4.43. The van der Waals surface area contributed by atoms with Crippen LogP contribution in [0.2, 0.25) is 0 Å². The number of hydrogen-bond acceptors (Lipinski definition) is 5. The molecule has 2 N–H and O–H groups in total. The number of methoxy groups -OCH3 is 1. The molecule has 0 radical (unpaired) electrons. The first-order chi connectivity index (χ1) is 10.0. The first-order valence-electron chi connectivity index (χ1n) is 6.26. The lowest BCUT2D eigenvalue weighted by atomic mass is 10.2. The number of carbonyl (C=O) groups is 1. The fourth-order valence-corrected chi connectivity index (χ4v) is 2.02. The summed E-state index contributed by atoms with van der Waals surface area (Å²) in [4.78, 5) is 12.0. The maximum Gasteiger partial charge on any atom is 0.291 e. The Balaban J connectivity index is 2.09. The van der Waals surface area contributed by atoms with Crippen molar-refractivity contribution in [2.75, 3.05) is 7.11 Å². The molecule has 21 heavy (non-hydrogen) atoms. The van der Waals surface area contributed by atoms with Crippen LogP contribution in [0.15, 0.2) is 34.7 Å². The Labute approximate surface area is 127 Å². The third-order valence-electron chi connectivity index (χ3n) is 2.86. The molecule has 0 aliphatic carbocycles. The van der Waals surface area contributed by atoms with Crippen LogP contribution < -0.4 is 10.1 Å². The Bertz CT molecular complexity index is 707. The summed E-state index contributed by atoms with van der Waals surface area (Å²) in [7, 11) is 1.59. The van der Waals surface area contributed by atoms with Gasteiger partial charge in [0.15, 0.2) is 5.75 Å². The van der Waals surface area contributed by atoms with E-state index < -0.39 is 5.91 Å². The maximum atomic E-state index is 12.0. The number of ether oxygens (including phenoxy) is 1. The summed E-state index contributed by atoms with van der Waals surface area (Å²) in [6, 6.07) is 8.77.